The van der Waals surface area contributed by atoms with Crippen LogP contribution in [0.1, 0.15) is 0 Å². The van der Waals surface area contributed by atoms with Gasteiger partial charge in [-0.3, -0.25) is 9.78 Å². The molecule has 0 aromatic carbocycles. The number of hydrogen-bond donors (Lipinski definition) is 4. The lowest BCUT2D eigenvalue weighted by Crippen LogP contribution is -2.09. The van der Waals surface area contributed by atoms with Crippen molar-refractivity contribution in [1.29, 1.82) is 0 Å². The minimum Gasteiger partial charge on any atom is -0.491 e. The summed E-state index contributed by atoms with van der Waals surface area (Å²) in [7, 11) is -3.57. The fraction of sp³-hybridized carbons (Fsp3) is 0.250. The Labute approximate surface area is 132 Å². The van der Waals surface area contributed by atoms with E-state index in [-0.39, 0.29) is 26.9 Å². The molecular formula is C8H9N7O4S3. The van der Waals surface area contributed by atoms with Crippen LogP contribution in [0.2, 0.25) is 0 Å². The van der Waals surface area contributed by atoms with Crippen LogP contribution in [0.25, 0.3) is 0 Å². The number of hydrogen-bond acceptors (Lipinski definition) is 12. The Kier molecular flexibility index (Phi) is 4.72. The van der Waals surface area contributed by atoms with Crippen molar-refractivity contribution in [2.75, 3.05) is 17.2 Å². The second-order valence-electron chi connectivity index (χ2n) is 3.72. The molecule has 22 heavy (non-hydrogen) atoms. The normalized spacial score (nSPS) is 12.0. The molecule has 118 valence electrons. The van der Waals surface area contributed by atoms with E-state index in [9.17, 15) is 18.3 Å². The minimum absolute atomic E-state index is 0.103. The van der Waals surface area contributed by atoms with Crippen LogP contribution < -0.4 is 11.3 Å². The quantitative estimate of drug-likeness (QED) is 0.424. The fourth-order valence-electron chi connectivity index (χ4n) is 1.23. The van der Waals surface area contributed by atoms with Gasteiger partial charge in [0, 0.05) is 5.75 Å². The second-order valence-corrected chi connectivity index (χ2v) is 7.40. The zero-order chi connectivity index (χ0) is 16.3. The number of anilines is 1. The first-order chi connectivity index (χ1) is 10.3. The molecule has 0 atom stereocenters. The van der Waals surface area contributed by atoms with E-state index in [2.05, 4.69) is 43.0 Å². The summed E-state index contributed by atoms with van der Waals surface area (Å²) >= 11 is 4.51. The maximum absolute atomic E-state index is 11.7. The number of sulfone groups is 1. The maximum atomic E-state index is 11.7. The zero-order valence-corrected chi connectivity index (χ0v) is 13.2. The van der Waals surface area contributed by atoms with Crippen molar-refractivity contribution in [2.24, 2.45) is 10.2 Å². The van der Waals surface area contributed by atoms with Crippen molar-refractivity contribution in [3.05, 3.63) is 10.4 Å². The molecule has 0 aliphatic heterocycles. The monoisotopic (exact) mass is 363 g/mol. The number of rotatable bonds is 5. The standard InChI is InChI=1S/C8H9N7O4S3/c9-6-10-4(16)3(5(17)11-6)12-13-7-14-15-8(21-7)22(18,19)2-1-20/h20H,1-2H2,(H4,9,10,11,16,17). The van der Waals surface area contributed by atoms with Crippen molar-refractivity contribution in [3.8, 4) is 5.88 Å². The molecule has 0 spiro atoms. The molecule has 0 aliphatic rings. The lowest BCUT2D eigenvalue weighted by Gasteiger charge is -1.96. The summed E-state index contributed by atoms with van der Waals surface area (Å²) in [5.41, 5.74) is 3.94. The van der Waals surface area contributed by atoms with E-state index in [0.717, 1.165) is 0 Å². The van der Waals surface area contributed by atoms with E-state index >= 15 is 0 Å². The highest BCUT2D eigenvalue weighted by Gasteiger charge is 2.19. The van der Waals surface area contributed by atoms with Gasteiger partial charge in [-0.15, -0.1) is 20.4 Å². The molecule has 11 nitrogen and oxygen atoms in total. The van der Waals surface area contributed by atoms with Crippen LogP contribution in [0.5, 0.6) is 5.88 Å². The molecule has 2 aromatic heterocycles. The van der Waals surface area contributed by atoms with Crippen LogP contribution in [0.15, 0.2) is 19.4 Å². The molecule has 0 aliphatic carbocycles. The van der Waals surface area contributed by atoms with Gasteiger partial charge in [0.25, 0.3) is 10.7 Å². The summed E-state index contributed by atoms with van der Waals surface area (Å²) in [6.45, 7) is 0. The third-order valence-electron chi connectivity index (χ3n) is 2.15. The van der Waals surface area contributed by atoms with E-state index in [1.807, 2.05) is 0 Å². The summed E-state index contributed by atoms with van der Waals surface area (Å²) in [5.74, 6) is -1.04. The van der Waals surface area contributed by atoms with Gasteiger partial charge in [0.2, 0.25) is 31.7 Å². The SMILES string of the molecule is Nc1nc(O)c(N=Nc2nnc(S(=O)(=O)CCS)s2)c(=O)[nH]1. The summed E-state index contributed by atoms with van der Waals surface area (Å²) in [6.07, 6.45) is 0. The van der Waals surface area contributed by atoms with Gasteiger partial charge in [-0.25, -0.2) is 8.42 Å². The predicted octanol–water partition coefficient (Wildman–Crippen LogP) is 0.0281. The van der Waals surface area contributed by atoms with Gasteiger partial charge in [0.15, 0.2) is 0 Å². The molecule has 0 bridgehead atoms. The highest BCUT2D eigenvalue weighted by Crippen LogP contribution is 2.26. The second kappa shape index (κ2) is 6.37. The molecule has 14 heteroatoms. The average Bonchev–Trinajstić information content (AvgIpc) is 2.87. The molecule has 0 unspecified atom stereocenters. The lowest BCUT2D eigenvalue weighted by atomic mass is 10.5. The first-order valence-corrected chi connectivity index (χ1v) is 8.61. The number of aromatic amines is 1. The minimum atomic E-state index is -3.57. The first kappa shape index (κ1) is 16.3. The van der Waals surface area contributed by atoms with Crippen molar-refractivity contribution < 1.29 is 13.5 Å². The maximum Gasteiger partial charge on any atom is 0.284 e. The van der Waals surface area contributed by atoms with Crippen molar-refractivity contribution in [3.63, 3.8) is 0 Å². The Morgan fingerprint density at radius 3 is 2.73 bits per heavy atom. The van der Waals surface area contributed by atoms with E-state index in [0.29, 0.717) is 11.3 Å². The zero-order valence-electron chi connectivity index (χ0n) is 10.7. The van der Waals surface area contributed by atoms with Crippen molar-refractivity contribution in [2.45, 2.75) is 4.34 Å². The van der Waals surface area contributed by atoms with Crippen LogP contribution in [0, 0.1) is 0 Å². The Morgan fingerprint density at radius 1 is 1.36 bits per heavy atom. The van der Waals surface area contributed by atoms with Crippen LogP contribution in [-0.2, 0) is 9.84 Å². The Hall–Kier alpha value is -2.06. The predicted molar refractivity (Wildman–Crippen MR) is 80.9 cm³/mol. The molecule has 0 saturated heterocycles. The van der Waals surface area contributed by atoms with Gasteiger partial charge in [-0.05, 0) is 0 Å². The Balaban J connectivity index is 2.30. The fourth-order valence-corrected chi connectivity index (χ4v) is 3.91. The third kappa shape index (κ3) is 3.58. The summed E-state index contributed by atoms with van der Waals surface area (Å²) in [5, 5.41) is 23.4. The largest absolute Gasteiger partial charge is 0.491 e. The summed E-state index contributed by atoms with van der Waals surface area (Å²) in [6, 6.07) is 0. The molecular weight excluding hydrogens is 354 g/mol. The highest BCUT2D eigenvalue weighted by atomic mass is 32.2. The van der Waals surface area contributed by atoms with Crippen molar-refractivity contribution in [1.82, 2.24) is 20.2 Å². The van der Waals surface area contributed by atoms with Gasteiger partial charge in [-0.1, -0.05) is 11.3 Å². The number of nitrogens with zero attached hydrogens (tertiary/aromatic N) is 5. The number of H-pyrrole nitrogens is 1. The number of aromatic nitrogens is 4. The number of nitrogens with two attached hydrogens (primary N) is 1. The summed E-state index contributed by atoms with van der Waals surface area (Å²) in [4.78, 5) is 17.0. The van der Waals surface area contributed by atoms with Crippen LogP contribution in [0.3, 0.4) is 0 Å². The van der Waals surface area contributed by atoms with Gasteiger partial charge in [0.05, 0.1) is 5.75 Å². The third-order valence-corrected chi connectivity index (χ3v) is 5.65. The molecule has 0 saturated carbocycles. The first-order valence-electron chi connectivity index (χ1n) is 5.51. The molecule has 2 rings (SSSR count). The average molecular weight is 363 g/mol. The van der Waals surface area contributed by atoms with Gasteiger partial charge >= 0.3 is 0 Å². The highest BCUT2D eigenvalue weighted by molar-refractivity contribution is 7.94. The van der Waals surface area contributed by atoms with Gasteiger partial charge < -0.3 is 10.8 Å². The molecule has 0 fully saturated rings. The number of aromatic hydroxyl groups is 1. The van der Waals surface area contributed by atoms with Crippen LogP contribution in [-0.4, -0.2) is 45.2 Å². The topological polar surface area (TPSA) is 177 Å². The number of azo groups is 1. The van der Waals surface area contributed by atoms with Gasteiger partial charge in [-0.2, -0.15) is 17.6 Å². The lowest BCUT2D eigenvalue weighted by molar-refractivity contribution is 0.453. The number of thiol groups is 1. The molecule has 4 N–H and O–H groups in total. The molecule has 2 heterocycles. The molecule has 2 aromatic rings. The van der Waals surface area contributed by atoms with Gasteiger partial charge in [0.1, 0.15) is 0 Å². The molecule has 0 amide bonds. The molecule has 0 radical (unpaired) electrons. The Bertz CT molecular complexity index is 872. The van der Waals surface area contributed by atoms with E-state index in [1.165, 1.54) is 0 Å². The van der Waals surface area contributed by atoms with Crippen molar-refractivity contribution >= 4 is 50.6 Å². The summed E-state index contributed by atoms with van der Waals surface area (Å²) < 4.78 is 23.2. The smallest absolute Gasteiger partial charge is 0.284 e. The number of nitrogen functional groups attached to an aromatic ring is 1. The van der Waals surface area contributed by atoms with E-state index in [1.54, 1.807) is 0 Å². The van der Waals surface area contributed by atoms with Crippen LogP contribution in [0.4, 0.5) is 16.8 Å². The van der Waals surface area contributed by atoms with Crippen LogP contribution >= 0.6 is 24.0 Å². The number of nitrogens with one attached hydrogen (secondary N) is 1. The van der Waals surface area contributed by atoms with E-state index < -0.39 is 27.0 Å². The Morgan fingerprint density at radius 2 is 2.09 bits per heavy atom. The van der Waals surface area contributed by atoms with E-state index in [4.69, 9.17) is 5.73 Å².